The molecular weight excluding hydrogens is 220 g/mol. The Bertz CT molecular complexity index is 405. The van der Waals surface area contributed by atoms with E-state index in [-0.39, 0.29) is 6.61 Å². The Labute approximate surface area is 100 Å². The van der Waals surface area contributed by atoms with Gasteiger partial charge in [0.05, 0.1) is 11.7 Å². The number of ether oxygens (including phenoxy) is 1. The maximum atomic E-state index is 10.7. The van der Waals surface area contributed by atoms with Crippen molar-refractivity contribution in [3.05, 3.63) is 23.8 Å². The van der Waals surface area contributed by atoms with Crippen LogP contribution >= 0.6 is 0 Å². The molecule has 17 heavy (non-hydrogen) atoms. The smallest absolute Gasteiger partial charge is 0.150 e. The Morgan fingerprint density at radius 3 is 2.65 bits per heavy atom. The molecule has 92 valence electrons. The Hall–Kier alpha value is -1.88. The van der Waals surface area contributed by atoms with Gasteiger partial charge in [-0.2, -0.15) is 0 Å². The Balaban J connectivity index is 2.90. The van der Waals surface area contributed by atoms with Crippen molar-refractivity contribution in [2.24, 2.45) is 5.73 Å². The third-order valence-electron chi connectivity index (χ3n) is 2.21. The molecule has 1 aromatic carbocycles. The Kier molecular flexibility index (Phi) is 4.66. The highest BCUT2D eigenvalue weighted by molar-refractivity contribution is 5.79. The normalized spacial score (nSPS) is 11.7. The summed E-state index contributed by atoms with van der Waals surface area (Å²) < 4.78 is 5.44. The van der Waals surface area contributed by atoms with E-state index in [1.54, 1.807) is 18.2 Å². The highest BCUT2D eigenvalue weighted by Gasteiger charge is 2.09. The zero-order valence-electron chi connectivity index (χ0n) is 9.92. The Morgan fingerprint density at radius 2 is 2.12 bits per heavy atom. The molecule has 5 heteroatoms. The van der Waals surface area contributed by atoms with Gasteiger partial charge in [-0.25, -0.2) is 0 Å². The third-order valence-corrected chi connectivity index (χ3v) is 2.21. The van der Waals surface area contributed by atoms with Crippen LogP contribution in [0, 0.1) is 0 Å². The SMILES string of the molecule is CN(C)c1cc(C=O)ccc1OC[C@H](N)C=O. The number of nitrogens with zero attached hydrogens (tertiary/aromatic N) is 1. The van der Waals surface area contributed by atoms with E-state index >= 15 is 0 Å². The standard InChI is InChI=1S/C12H16N2O3/c1-14(2)11-5-9(6-15)3-4-12(11)17-8-10(13)7-16/h3-7,10H,8,13H2,1-2H3/t10-/m1/s1. The zero-order chi connectivity index (χ0) is 12.8. The van der Waals surface area contributed by atoms with Gasteiger partial charge in [-0.1, -0.05) is 0 Å². The van der Waals surface area contributed by atoms with E-state index in [9.17, 15) is 9.59 Å². The Morgan fingerprint density at radius 1 is 1.41 bits per heavy atom. The van der Waals surface area contributed by atoms with Crippen LogP contribution in [0.5, 0.6) is 5.75 Å². The van der Waals surface area contributed by atoms with E-state index < -0.39 is 6.04 Å². The van der Waals surface area contributed by atoms with Crippen LogP contribution in [0.3, 0.4) is 0 Å². The average Bonchev–Trinajstić information content (AvgIpc) is 2.35. The van der Waals surface area contributed by atoms with Crippen molar-refractivity contribution in [1.82, 2.24) is 0 Å². The van der Waals surface area contributed by atoms with Gasteiger partial charge in [0.15, 0.2) is 0 Å². The van der Waals surface area contributed by atoms with Crippen molar-refractivity contribution in [3.8, 4) is 5.75 Å². The fourth-order valence-electron chi connectivity index (χ4n) is 1.30. The highest BCUT2D eigenvalue weighted by Crippen LogP contribution is 2.27. The molecule has 0 bridgehead atoms. The molecule has 0 aromatic heterocycles. The van der Waals surface area contributed by atoms with Gasteiger partial charge in [-0.3, -0.25) is 4.79 Å². The first-order chi connectivity index (χ1) is 8.08. The van der Waals surface area contributed by atoms with E-state index in [0.29, 0.717) is 17.6 Å². The summed E-state index contributed by atoms with van der Waals surface area (Å²) in [4.78, 5) is 22.9. The summed E-state index contributed by atoms with van der Waals surface area (Å²) in [5, 5.41) is 0. The topological polar surface area (TPSA) is 72.6 Å². The number of benzene rings is 1. The molecule has 1 atom stereocenters. The number of hydrogen-bond donors (Lipinski definition) is 1. The van der Waals surface area contributed by atoms with Gasteiger partial charge >= 0.3 is 0 Å². The second-order valence-corrected chi connectivity index (χ2v) is 3.85. The van der Waals surface area contributed by atoms with Crippen LogP contribution in [0.1, 0.15) is 10.4 Å². The fraction of sp³-hybridized carbons (Fsp3) is 0.333. The average molecular weight is 236 g/mol. The number of aldehydes is 2. The van der Waals surface area contributed by atoms with Gasteiger partial charge < -0.3 is 20.2 Å². The predicted molar refractivity (Wildman–Crippen MR) is 65.7 cm³/mol. The monoisotopic (exact) mass is 236 g/mol. The highest BCUT2D eigenvalue weighted by atomic mass is 16.5. The van der Waals surface area contributed by atoms with Crippen molar-refractivity contribution in [2.75, 3.05) is 25.6 Å². The van der Waals surface area contributed by atoms with Gasteiger partial charge in [0.1, 0.15) is 24.9 Å². The summed E-state index contributed by atoms with van der Waals surface area (Å²) >= 11 is 0. The molecule has 5 nitrogen and oxygen atoms in total. The van der Waals surface area contributed by atoms with Crippen LogP contribution in [0.15, 0.2) is 18.2 Å². The first-order valence-corrected chi connectivity index (χ1v) is 5.18. The fourth-order valence-corrected chi connectivity index (χ4v) is 1.30. The quantitative estimate of drug-likeness (QED) is 0.727. The minimum atomic E-state index is -0.643. The van der Waals surface area contributed by atoms with Crippen LogP contribution < -0.4 is 15.4 Å². The number of rotatable bonds is 6. The lowest BCUT2D eigenvalue weighted by atomic mass is 10.2. The first kappa shape index (κ1) is 13.2. The molecule has 0 amide bonds. The molecule has 0 radical (unpaired) electrons. The van der Waals surface area contributed by atoms with E-state index in [2.05, 4.69) is 0 Å². The van der Waals surface area contributed by atoms with E-state index in [1.165, 1.54) is 0 Å². The maximum absolute atomic E-state index is 10.7. The summed E-state index contributed by atoms with van der Waals surface area (Å²) in [6.07, 6.45) is 1.41. The summed E-state index contributed by atoms with van der Waals surface area (Å²) in [5.41, 5.74) is 6.78. The third kappa shape index (κ3) is 3.57. The van der Waals surface area contributed by atoms with Gasteiger partial charge in [0.25, 0.3) is 0 Å². The molecule has 0 spiro atoms. The van der Waals surface area contributed by atoms with Crippen LogP contribution in [0.2, 0.25) is 0 Å². The minimum absolute atomic E-state index is 0.116. The molecule has 2 N–H and O–H groups in total. The molecule has 0 heterocycles. The lowest BCUT2D eigenvalue weighted by molar-refractivity contribution is -0.109. The molecule has 0 saturated carbocycles. The maximum Gasteiger partial charge on any atom is 0.150 e. The predicted octanol–water partition coefficient (Wildman–Crippen LogP) is 0.470. The van der Waals surface area contributed by atoms with Crippen molar-refractivity contribution in [1.29, 1.82) is 0 Å². The van der Waals surface area contributed by atoms with Gasteiger partial charge in [0.2, 0.25) is 0 Å². The van der Waals surface area contributed by atoms with Crippen molar-refractivity contribution >= 4 is 18.3 Å². The van der Waals surface area contributed by atoms with Gasteiger partial charge in [0, 0.05) is 19.7 Å². The molecule has 1 aromatic rings. The zero-order valence-corrected chi connectivity index (χ0v) is 9.92. The van der Waals surface area contributed by atoms with E-state index in [4.69, 9.17) is 10.5 Å². The van der Waals surface area contributed by atoms with E-state index in [0.717, 1.165) is 12.0 Å². The molecule has 0 unspecified atom stereocenters. The second-order valence-electron chi connectivity index (χ2n) is 3.85. The molecule has 1 rings (SSSR count). The van der Waals surface area contributed by atoms with E-state index in [1.807, 2.05) is 19.0 Å². The first-order valence-electron chi connectivity index (χ1n) is 5.18. The van der Waals surface area contributed by atoms with Crippen molar-refractivity contribution in [3.63, 3.8) is 0 Å². The minimum Gasteiger partial charge on any atom is -0.489 e. The van der Waals surface area contributed by atoms with Crippen LogP contribution in [0.4, 0.5) is 5.69 Å². The van der Waals surface area contributed by atoms with Crippen molar-refractivity contribution in [2.45, 2.75) is 6.04 Å². The lowest BCUT2D eigenvalue weighted by Crippen LogP contribution is -2.29. The number of carbonyl (C=O) groups excluding carboxylic acids is 2. The lowest BCUT2D eigenvalue weighted by Gasteiger charge is -2.18. The van der Waals surface area contributed by atoms with Crippen LogP contribution in [-0.2, 0) is 4.79 Å². The van der Waals surface area contributed by atoms with Crippen molar-refractivity contribution < 1.29 is 14.3 Å². The van der Waals surface area contributed by atoms with Crippen LogP contribution in [0.25, 0.3) is 0 Å². The summed E-state index contributed by atoms with van der Waals surface area (Å²) in [6.45, 7) is 0.116. The number of nitrogens with two attached hydrogens (primary N) is 1. The number of hydrogen-bond acceptors (Lipinski definition) is 5. The molecule has 0 aliphatic carbocycles. The summed E-state index contributed by atoms with van der Waals surface area (Å²) in [7, 11) is 3.69. The molecule has 0 fully saturated rings. The van der Waals surface area contributed by atoms with Gasteiger partial charge in [-0.05, 0) is 18.2 Å². The summed E-state index contributed by atoms with van der Waals surface area (Å²) in [6, 6.07) is 4.42. The molecule has 0 aliphatic rings. The van der Waals surface area contributed by atoms with Gasteiger partial charge in [-0.15, -0.1) is 0 Å². The second kappa shape index (κ2) is 6.00. The molecular formula is C12H16N2O3. The largest absolute Gasteiger partial charge is 0.489 e. The molecule has 0 saturated heterocycles. The van der Waals surface area contributed by atoms with Crippen LogP contribution in [-0.4, -0.2) is 39.3 Å². The summed E-state index contributed by atoms with van der Waals surface area (Å²) in [5.74, 6) is 0.595. The number of anilines is 1. The number of carbonyl (C=O) groups is 2. The molecule has 0 aliphatic heterocycles.